The van der Waals surface area contributed by atoms with Crippen molar-refractivity contribution in [1.29, 1.82) is 0 Å². The van der Waals surface area contributed by atoms with Crippen molar-refractivity contribution in [1.82, 2.24) is 30.0 Å². The van der Waals surface area contributed by atoms with Gasteiger partial charge in [0.1, 0.15) is 0 Å². The van der Waals surface area contributed by atoms with Gasteiger partial charge in [-0.25, -0.2) is 4.68 Å². The minimum Gasteiger partial charge on any atom is -0.493 e. The molecule has 1 aliphatic carbocycles. The highest BCUT2D eigenvalue weighted by atomic mass is 16.5. The molecule has 0 spiro atoms. The molecule has 1 saturated carbocycles. The van der Waals surface area contributed by atoms with Crippen LogP contribution in [0.25, 0.3) is 0 Å². The Kier molecular flexibility index (Phi) is 6.30. The molecule has 0 bridgehead atoms. The zero-order chi connectivity index (χ0) is 20.2. The number of piperazine rings is 1. The molecular formula is C21H32N6O2. The first kappa shape index (κ1) is 20.1. The van der Waals surface area contributed by atoms with Crippen LogP contribution in [0.2, 0.25) is 0 Å². The lowest BCUT2D eigenvalue weighted by atomic mass is 9.95. The Morgan fingerprint density at radius 1 is 0.966 bits per heavy atom. The maximum Gasteiger partial charge on any atom is 0.173 e. The Labute approximate surface area is 172 Å². The summed E-state index contributed by atoms with van der Waals surface area (Å²) in [6, 6.07) is 6.56. The van der Waals surface area contributed by atoms with Gasteiger partial charge in [-0.2, -0.15) is 0 Å². The number of nitrogens with zero attached hydrogens (tertiary/aromatic N) is 6. The zero-order valence-electron chi connectivity index (χ0n) is 17.8. The quantitative estimate of drug-likeness (QED) is 0.738. The van der Waals surface area contributed by atoms with Crippen LogP contribution >= 0.6 is 0 Å². The fourth-order valence-electron chi connectivity index (χ4n) is 4.59. The number of hydrogen-bond donors (Lipinski definition) is 0. The predicted octanol–water partition coefficient (Wildman–Crippen LogP) is 2.53. The van der Waals surface area contributed by atoms with Gasteiger partial charge in [-0.15, -0.1) is 5.10 Å². The topological polar surface area (TPSA) is 68.5 Å². The third-order valence-corrected chi connectivity index (χ3v) is 6.31. The van der Waals surface area contributed by atoms with Gasteiger partial charge in [0.05, 0.1) is 26.3 Å². The van der Waals surface area contributed by atoms with Gasteiger partial charge >= 0.3 is 0 Å². The Hall–Kier alpha value is -2.19. The van der Waals surface area contributed by atoms with E-state index < -0.39 is 0 Å². The second-order valence-electron chi connectivity index (χ2n) is 8.13. The van der Waals surface area contributed by atoms with E-state index in [-0.39, 0.29) is 6.04 Å². The molecule has 0 radical (unpaired) electrons. The van der Waals surface area contributed by atoms with Crippen molar-refractivity contribution in [2.24, 2.45) is 0 Å². The van der Waals surface area contributed by atoms with Gasteiger partial charge in [0, 0.05) is 26.2 Å². The van der Waals surface area contributed by atoms with E-state index in [2.05, 4.69) is 49.2 Å². The smallest absolute Gasteiger partial charge is 0.173 e. The number of benzene rings is 1. The Bertz CT molecular complexity index is 796. The lowest BCUT2D eigenvalue weighted by molar-refractivity contribution is 0.119. The summed E-state index contributed by atoms with van der Waals surface area (Å²) in [5, 5.41) is 13.1. The zero-order valence-corrected chi connectivity index (χ0v) is 17.8. The van der Waals surface area contributed by atoms with E-state index in [4.69, 9.17) is 9.47 Å². The van der Waals surface area contributed by atoms with Crippen LogP contribution in [-0.4, -0.2) is 77.5 Å². The van der Waals surface area contributed by atoms with Gasteiger partial charge in [-0.05, 0) is 48.0 Å². The number of ether oxygens (including phenoxy) is 2. The molecule has 1 aromatic heterocycles. The van der Waals surface area contributed by atoms with E-state index in [1.54, 1.807) is 14.2 Å². The molecule has 158 valence electrons. The van der Waals surface area contributed by atoms with Gasteiger partial charge in [0.15, 0.2) is 17.3 Å². The fraction of sp³-hybridized carbons (Fsp3) is 0.667. The summed E-state index contributed by atoms with van der Waals surface area (Å²) in [7, 11) is 5.52. The van der Waals surface area contributed by atoms with Gasteiger partial charge in [0.2, 0.25) is 0 Å². The van der Waals surface area contributed by atoms with Crippen LogP contribution in [0.3, 0.4) is 0 Å². The third-order valence-electron chi connectivity index (χ3n) is 6.31. The first-order valence-electron chi connectivity index (χ1n) is 10.6. The Morgan fingerprint density at radius 2 is 1.69 bits per heavy atom. The fourth-order valence-corrected chi connectivity index (χ4v) is 4.59. The molecule has 29 heavy (non-hydrogen) atoms. The summed E-state index contributed by atoms with van der Waals surface area (Å²) < 4.78 is 13.1. The number of methoxy groups -OCH3 is 2. The molecule has 1 aromatic carbocycles. The van der Waals surface area contributed by atoms with E-state index >= 15 is 0 Å². The van der Waals surface area contributed by atoms with Crippen LogP contribution in [0.1, 0.15) is 55.6 Å². The Morgan fingerprint density at radius 3 is 2.38 bits per heavy atom. The highest BCUT2D eigenvalue weighted by Crippen LogP contribution is 2.37. The van der Waals surface area contributed by atoms with Crippen LogP contribution in [0.5, 0.6) is 11.5 Å². The highest BCUT2D eigenvalue weighted by molar-refractivity contribution is 5.45. The molecule has 2 aromatic rings. The molecule has 8 nitrogen and oxygen atoms in total. The van der Waals surface area contributed by atoms with Gasteiger partial charge in [-0.1, -0.05) is 25.3 Å². The van der Waals surface area contributed by atoms with E-state index in [0.29, 0.717) is 6.04 Å². The molecular weight excluding hydrogens is 368 g/mol. The SMILES string of the molecule is COc1ccc(C(c2nnnn2C2CCCCC2)N2CCN(C)CC2)cc1OC. The van der Waals surface area contributed by atoms with Crippen molar-refractivity contribution in [2.45, 2.75) is 44.2 Å². The summed E-state index contributed by atoms with van der Waals surface area (Å²) in [6.45, 7) is 4.03. The maximum absolute atomic E-state index is 5.59. The molecule has 1 atom stereocenters. The molecule has 1 saturated heterocycles. The molecule has 2 fully saturated rings. The number of hydrogen-bond acceptors (Lipinski definition) is 7. The van der Waals surface area contributed by atoms with E-state index in [0.717, 1.165) is 61.9 Å². The number of likely N-dealkylation sites (N-methyl/N-ethyl adjacent to an activating group) is 1. The van der Waals surface area contributed by atoms with E-state index in [1.807, 2.05) is 6.07 Å². The first-order valence-corrected chi connectivity index (χ1v) is 10.6. The van der Waals surface area contributed by atoms with Gasteiger partial charge < -0.3 is 14.4 Å². The summed E-state index contributed by atoms with van der Waals surface area (Å²) in [5.74, 6) is 2.41. The Balaban J connectivity index is 1.73. The summed E-state index contributed by atoms with van der Waals surface area (Å²) in [6.07, 6.45) is 6.11. The van der Waals surface area contributed by atoms with Crippen molar-refractivity contribution in [3.63, 3.8) is 0 Å². The van der Waals surface area contributed by atoms with Crippen molar-refractivity contribution >= 4 is 0 Å². The van der Waals surface area contributed by atoms with Gasteiger partial charge in [-0.3, -0.25) is 4.90 Å². The van der Waals surface area contributed by atoms with Crippen molar-refractivity contribution in [3.8, 4) is 11.5 Å². The molecule has 8 heteroatoms. The minimum atomic E-state index is 0.000401. The molecule has 4 rings (SSSR count). The van der Waals surface area contributed by atoms with Crippen LogP contribution in [0, 0.1) is 0 Å². The maximum atomic E-state index is 5.59. The van der Waals surface area contributed by atoms with Crippen LogP contribution in [-0.2, 0) is 0 Å². The first-order chi connectivity index (χ1) is 14.2. The molecule has 2 heterocycles. The summed E-state index contributed by atoms with van der Waals surface area (Å²) in [5.41, 5.74) is 1.14. The standard InChI is InChI=1S/C21H32N6O2/c1-25-11-13-26(14-12-25)20(16-9-10-18(28-2)19(15-16)29-3)21-22-23-24-27(21)17-7-5-4-6-8-17/h9-10,15,17,20H,4-8,11-14H2,1-3H3. The van der Waals surface area contributed by atoms with Crippen molar-refractivity contribution < 1.29 is 9.47 Å². The number of rotatable bonds is 6. The molecule has 1 aliphatic heterocycles. The lowest BCUT2D eigenvalue weighted by Gasteiger charge is -2.38. The second kappa shape index (κ2) is 9.09. The number of tetrazole rings is 1. The molecule has 1 unspecified atom stereocenters. The van der Waals surface area contributed by atoms with E-state index in [1.165, 1.54) is 19.3 Å². The predicted molar refractivity (Wildman–Crippen MR) is 110 cm³/mol. The summed E-state index contributed by atoms with van der Waals surface area (Å²) in [4.78, 5) is 4.86. The number of aromatic nitrogens is 4. The average molecular weight is 401 g/mol. The van der Waals surface area contributed by atoms with E-state index in [9.17, 15) is 0 Å². The molecule has 0 amide bonds. The molecule has 2 aliphatic rings. The van der Waals surface area contributed by atoms with Crippen molar-refractivity contribution in [2.75, 3.05) is 47.4 Å². The monoisotopic (exact) mass is 400 g/mol. The highest BCUT2D eigenvalue weighted by Gasteiger charge is 2.32. The van der Waals surface area contributed by atoms with Crippen molar-refractivity contribution in [3.05, 3.63) is 29.6 Å². The van der Waals surface area contributed by atoms with Crippen LogP contribution < -0.4 is 9.47 Å². The molecule has 0 N–H and O–H groups in total. The van der Waals surface area contributed by atoms with Gasteiger partial charge in [0.25, 0.3) is 0 Å². The summed E-state index contributed by atoms with van der Waals surface area (Å²) >= 11 is 0. The minimum absolute atomic E-state index is 0.000401. The van der Waals surface area contributed by atoms with Crippen LogP contribution in [0.4, 0.5) is 0 Å². The lowest BCUT2D eigenvalue weighted by Crippen LogP contribution is -2.46. The second-order valence-corrected chi connectivity index (χ2v) is 8.13. The average Bonchev–Trinajstić information content (AvgIpc) is 3.25. The van der Waals surface area contributed by atoms with Crippen LogP contribution in [0.15, 0.2) is 18.2 Å². The third kappa shape index (κ3) is 4.23. The largest absolute Gasteiger partial charge is 0.493 e. The normalized spacial score (nSPS) is 20.5.